The molecule has 0 fully saturated rings. The lowest BCUT2D eigenvalue weighted by molar-refractivity contribution is 0.0343. The summed E-state index contributed by atoms with van der Waals surface area (Å²) in [6.45, 7) is 4.32. The molecule has 1 aliphatic heterocycles. The van der Waals surface area contributed by atoms with Gasteiger partial charge in [0.2, 0.25) is 0 Å². The van der Waals surface area contributed by atoms with Gasteiger partial charge in [-0.15, -0.1) is 0 Å². The summed E-state index contributed by atoms with van der Waals surface area (Å²) in [5.41, 5.74) is 0.805. The van der Waals surface area contributed by atoms with Crippen LogP contribution in [0.1, 0.15) is 37.9 Å². The molecule has 0 aromatic heterocycles. The van der Waals surface area contributed by atoms with Gasteiger partial charge in [0.05, 0.1) is 6.61 Å². The van der Waals surface area contributed by atoms with E-state index in [0.29, 0.717) is 32.2 Å². The third kappa shape index (κ3) is 4.11. The van der Waals surface area contributed by atoms with E-state index in [2.05, 4.69) is 6.92 Å². The van der Waals surface area contributed by atoms with Gasteiger partial charge in [0.15, 0.2) is 11.5 Å². The van der Waals surface area contributed by atoms with E-state index >= 15 is 0 Å². The monoisotopic (exact) mass is 266 g/mol. The summed E-state index contributed by atoms with van der Waals surface area (Å²) in [5, 5.41) is 10.1. The summed E-state index contributed by atoms with van der Waals surface area (Å²) < 4.78 is 16.4. The second kappa shape index (κ2) is 7.36. The Balaban J connectivity index is 1.83. The first kappa shape index (κ1) is 14.2. The second-order valence-electron chi connectivity index (χ2n) is 4.70. The van der Waals surface area contributed by atoms with Crippen molar-refractivity contribution in [3.05, 3.63) is 23.8 Å². The SMILES string of the molecule is CCCCCOCC(O)c1ccc2c(c1)OCCO2. The van der Waals surface area contributed by atoms with Gasteiger partial charge >= 0.3 is 0 Å². The molecule has 0 aliphatic carbocycles. The van der Waals surface area contributed by atoms with Crippen LogP contribution in [0.4, 0.5) is 0 Å². The zero-order chi connectivity index (χ0) is 13.5. The molecule has 4 heteroatoms. The minimum absolute atomic E-state index is 0.323. The molecule has 19 heavy (non-hydrogen) atoms. The van der Waals surface area contributed by atoms with Crippen molar-refractivity contribution in [3.8, 4) is 11.5 Å². The van der Waals surface area contributed by atoms with Gasteiger partial charge in [-0.2, -0.15) is 0 Å². The van der Waals surface area contributed by atoms with E-state index in [0.717, 1.165) is 17.7 Å². The Bertz CT molecular complexity index is 392. The zero-order valence-corrected chi connectivity index (χ0v) is 11.4. The number of benzene rings is 1. The van der Waals surface area contributed by atoms with Crippen molar-refractivity contribution < 1.29 is 19.3 Å². The number of aliphatic hydroxyl groups is 1. The molecule has 0 spiro atoms. The molecule has 0 radical (unpaired) electrons. The Morgan fingerprint density at radius 3 is 2.79 bits per heavy atom. The Kier molecular flexibility index (Phi) is 5.48. The van der Waals surface area contributed by atoms with Crippen LogP contribution in [-0.4, -0.2) is 31.5 Å². The van der Waals surface area contributed by atoms with Gasteiger partial charge in [0, 0.05) is 6.61 Å². The van der Waals surface area contributed by atoms with E-state index in [1.54, 1.807) is 0 Å². The first-order valence-electron chi connectivity index (χ1n) is 6.96. The lowest BCUT2D eigenvalue weighted by Crippen LogP contribution is -2.16. The standard InChI is InChI=1S/C15H22O4/c1-2-3-4-7-17-11-13(16)12-5-6-14-15(10-12)19-9-8-18-14/h5-6,10,13,16H,2-4,7-9,11H2,1H3. The summed E-state index contributed by atoms with van der Waals surface area (Å²) in [4.78, 5) is 0. The number of hydrogen-bond acceptors (Lipinski definition) is 4. The summed E-state index contributed by atoms with van der Waals surface area (Å²) in [5.74, 6) is 1.44. The Morgan fingerprint density at radius 1 is 1.21 bits per heavy atom. The van der Waals surface area contributed by atoms with Crippen LogP contribution in [0.15, 0.2) is 18.2 Å². The fraction of sp³-hybridized carbons (Fsp3) is 0.600. The van der Waals surface area contributed by atoms with Crippen LogP contribution in [-0.2, 0) is 4.74 Å². The maximum Gasteiger partial charge on any atom is 0.161 e. The predicted molar refractivity (Wildman–Crippen MR) is 72.7 cm³/mol. The Morgan fingerprint density at radius 2 is 2.00 bits per heavy atom. The molecule has 0 amide bonds. The van der Waals surface area contributed by atoms with E-state index in [1.807, 2.05) is 18.2 Å². The maximum atomic E-state index is 10.1. The number of hydrogen-bond donors (Lipinski definition) is 1. The lowest BCUT2D eigenvalue weighted by Gasteiger charge is -2.20. The number of ether oxygens (including phenoxy) is 3. The van der Waals surface area contributed by atoms with Gasteiger partial charge in [-0.1, -0.05) is 25.8 Å². The minimum Gasteiger partial charge on any atom is -0.486 e. The van der Waals surface area contributed by atoms with E-state index in [4.69, 9.17) is 14.2 Å². The molecule has 2 rings (SSSR count). The van der Waals surface area contributed by atoms with Gasteiger partial charge in [-0.3, -0.25) is 0 Å². The predicted octanol–water partition coefficient (Wildman–Crippen LogP) is 2.70. The van der Waals surface area contributed by atoms with Gasteiger partial charge < -0.3 is 19.3 Å². The molecular formula is C15H22O4. The first-order valence-corrected chi connectivity index (χ1v) is 6.96. The number of fused-ring (bicyclic) bond motifs is 1. The second-order valence-corrected chi connectivity index (χ2v) is 4.70. The third-order valence-corrected chi connectivity index (χ3v) is 3.12. The fourth-order valence-corrected chi connectivity index (χ4v) is 2.01. The Hall–Kier alpha value is -1.26. The molecule has 0 bridgehead atoms. The molecule has 1 heterocycles. The van der Waals surface area contributed by atoms with Gasteiger partial charge in [-0.05, 0) is 24.1 Å². The highest BCUT2D eigenvalue weighted by molar-refractivity contribution is 5.44. The molecule has 1 aromatic rings. The highest BCUT2D eigenvalue weighted by Gasteiger charge is 2.15. The van der Waals surface area contributed by atoms with Crippen molar-refractivity contribution in [1.82, 2.24) is 0 Å². The van der Waals surface area contributed by atoms with Crippen LogP contribution in [0.5, 0.6) is 11.5 Å². The lowest BCUT2D eigenvalue weighted by atomic mass is 10.1. The van der Waals surface area contributed by atoms with E-state index in [1.165, 1.54) is 12.8 Å². The number of unbranched alkanes of at least 4 members (excludes halogenated alkanes) is 2. The van der Waals surface area contributed by atoms with E-state index in [-0.39, 0.29) is 0 Å². The molecule has 4 nitrogen and oxygen atoms in total. The highest BCUT2D eigenvalue weighted by Crippen LogP contribution is 2.32. The molecule has 1 aliphatic rings. The van der Waals surface area contributed by atoms with Crippen molar-refractivity contribution in [1.29, 1.82) is 0 Å². The van der Waals surface area contributed by atoms with Gasteiger partial charge in [0.25, 0.3) is 0 Å². The highest BCUT2D eigenvalue weighted by atomic mass is 16.6. The average molecular weight is 266 g/mol. The zero-order valence-electron chi connectivity index (χ0n) is 11.4. The van der Waals surface area contributed by atoms with Crippen LogP contribution in [0.2, 0.25) is 0 Å². The molecule has 1 atom stereocenters. The summed E-state index contributed by atoms with van der Waals surface area (Å²) in [6, 6.07) is 5.52. The molecule has 1 N–H and O–H groups in total. The molecule has 0 saturated carbocycles. The van der Waals surface area contributed by atoms with Crippen LogP contribution in [0.3, 0.4) is 0 Å². The quantitative estimate of drug-likeness (QED) is 0.771. The van der Waals surface area contributed by atoms with E-state index < -0.39 is 6.10 Å². The molecule has 106 valence electrons. The van der Waals surface area contributed by atoms with Crippen LogP contribution < -0.4 is 9.47 Å². The minimum atomic E-state index is -0.613. The van der Waals surface area contributed by atoms with Gasteiger partial charge in [-0.25, -0.2) is 0 Å². The topological polar surface area (TPSA) is 47.9 Å². The van der Waals surface area contributed by atoms with Crippen LogP contribution in [0, 0.1) is 0 Å². The molecule has 1 unspecified atom stereocenters. The van der Waals surface area contributed by atoms with Crippen molar-refractivity contribution >= 4 is 0 Å². The van der Waals surface area contributed by atoms with E-state index in [9.17, 15) is 5.11 Å². The van der Waals surface area contributed by atoms with Gasteiger partial charge in [0.1, 0.15) is 19.3 Å². The maximum absolute atomic E-state index is 10.1. The Labute approximate surface area is 114 Å². The van der Waals surface area contributed by atoms with Crippen molar-refractivity contribution in [2.24, 2.45) is 0 Å². The number of rotatable bonds is 7. The van der Waals surface area contributed by atoms with Crippen molar-refractivity contribution in [3.63, 3.8) is 0 Å². The summed E-state index contributed by atoms with van der Waals surface area (Å²) >= 11 is 0. The first-order chi connectivity index (χ1) is 9.31. The number of aliphatic hydroxyl groups excluding tert-OH is 1. The van der Waals surface area contributed by atoms with Crippen LogP contribution in [0.25, 0.3) is 0 Å². The normalized spacial score (nSPS) is 15.3. The molecule has 0 saturated heterocycles. The summed E-state index contributed by atoms with van der Waals surface area (Å²) in [7, 11) is 0. The summed E-state index contributed by atoms with van der Waals surface area (Å²) in [6.07, 6.45) is 2.77. The molecule has 1 aromatic carbocycles. The van der Waals surface area contributed by atoms with Crippen molar-refractivity contribution in [2.75, 3.05) is 26.4 Å². The van der Waals surface area contributed by atoms with Crippen molar-refractivity contribution in [2.45, 2.75) is 32.3 Å². The third-order valence-electron chi connectivity index (χ3n) is 3.12. The average Bonchev–Trinajstić information content (AvgIpc) is 2.46. The fourth-order valence-electron chi connectivity index (χ4n) is 2.01. The molecular weight excluding hydrogens is 244 g/mol. The smallest absolute Gasteiger partial charge is 0.161 e. The van der Waals surface area contributed by atoms with Crippen LogP contribution >= 0.6 is 0 Å². The largest absolute Gasteiger partial charge is 0.486 e.